The van der Waals surface area contributed by atoms with Gasteiger partial charge >= 0.3 is 0 Å². The van der Waals surface area contributed by atoms with Crippen molar-refractivity contribution in [3.63, 3.8) is 0 Å². The van der Waals surface area contributed by atoms with Gasteiger partial charge in [0.1, 0.15) is 0 Å². The van der Waals surface area contributed by atoms with Crippen LogP contribution in [0, 0.1) is 12.1 Å². The molecule has 92 valence electrons. The van der Waals surface area contributed by atoms with Crippen molar-refractivity contribution >= 4 is 11.9 Å². The molecule has 2 heteroatoms. The van der Waals surface area contributed by atoms with Crippen LogP contribution in [-0.2, 0) is 6.42 Å². The minimum absolute atomic E-state index is 0.660. The van der Waals surface area contributed by atoms with Crippen molar-refractivity contribution in [1.82, 2.24) is 0 Å². The fraction of sp³-hybridized carbons (Fsp3) is 0.188. The van der Waals surface area contributed by atoms with Gasteiger partial charge in [0.05, 0.1) is 0 Å². The SMILES string of the molecule is CCc1ccc(/[N+]([O-])=C\c2ccc(C)cc2)cc1. The largest absolute Gasteiger partial charge is 0.618 e. The van der Waals surface area contributed by atoms with Crippen molar-refractivity contribution in [2.24, 2.45) is 0 Å². The van der Waals surface area contributed by atoms with Gasteiger partial charge in [-0.15, -0.1) is 0 Å². The lowest BCUT2D eigenvalue weighted by Gasteiger charge is -2.04. The summed E-state index contributed by atoms with van der Waals surface area (Å²) in [7, 11) is 0. The van der Waals surface area contributed by atoms with E-state index >= 15 is 0 Å². The topological polar surface area (TPSA) is 26.1 Å². The zero-order valence-corrected chi connectivity index (χ0v) is 10.8. The van der Waals surface area contributed by atoms with Crippen LogP contribution in [0.25, 0.3) is 0 Å². The predicted octanol–water partition coefficient (Wildman–Crippen LogP) is 3.82. The molecular weight excluding hydrogens is 222 g/mol. The highest BCUT2D eigenvalue weighted by Gasteiger charge is 2.01. The molecule has 0 aliphatic rings. The summed E-state index contributed by atoms with van der Waals surface area (Å²) in [5, 5.41) is 12.0. The maximum atomic E-state index is 12.0. The van der Waals surface area contributed by atoms with Crippen LogP contribution in [0.15, 0.2) is 48.5 Å². The summed E-state index contributed by atoms with van der Waals surface area (Å²) in [6.45, 7) is 4.13. The second-order valence-corrected chi connectivity index (χ2v) is 4.39. The van der Waals surface area contributed by atoms with Gasteiger partial charge in [-0.05, 0) is 31.0 Å². The molecule has 2 nitrogen and oxygen atoms in total. The molecule has 2 aromatic carbocycles. The molecule has 0 atom stereocenters. The Hall–Kier alpha value is -2.09. The molecule has 0 saturated carbocycles. The standard InChI is InChI=1S/C16H17NO/c1-3-14-8-10-16(11-9-14)17(18)12-15-6-4-13(2)5-7-15/h4-12H,3H2,1-2H3/b17-12+. The zero-order chi connectivity index (χ0) is 13.0. The third-order valence-corrected chi connectivity index (χ3v) is 2.94. The Morgan fingerprint density at radius 1 is 1.00 bits per heavy atom. The van der Waals surface area contributed by atoms with E-state index in [0.29, 0.717) is 5.69 Å². The highest BCUT2D eigenvalue weighted by Crippen LogP contribution is 2.13. The summed E-state index contributed by atoms with van der Waals surface area (Å²) in [6, 6.07) is 15.6. The fourth-order valence-corrected chi connectivity index (χ4v) is 1.74. The van der Waals surface area contributed by atoms with Gasteiger partial charge in [-0.25, -0.2) is 0 Å². The third kappa shape index (κ3) is 2.98. The van der Waals surface area contributed by atoms with Crippen LogP contribution in [0.3, 0.4) is 0 Å². The molecule has 0 bridgehead atoms. The van der Waals surface area contributed by atoms with Crippen molar-refractivity contribution in [3.05, 3.63) is 70.4 Å². The van der Waals surface area contributed by atoms with Gasteiger partial charge < -0.3 is 5.21 Å². The normalized spacial score (nSPS) is 11.6. The van der Waals surface area contributed by atoms with E-state index in [1.165, 1.54) is 11.1 Å². The predicted molar refractivity (Wildman–Crippen MR) is 75.5 cm³/mol. The third-order valence-electron chi connectivity index (χ3n) is 2.94. The van der Waals surface area contributed by atoms with E-state index in [1.54, 1.807) is 6.21 Å². The average molecular weight is 239 g/mol. The van der Waals surface area contributed by atoms with Gasteiger partial charge in [-0.1, -0.05) is 36.8 Å². The van der Waals surface area contributed by atoms with E-state index in [4.69, 9.17) is 0 Å². The lowest BCUT2D eigenvalue weighted by molar-refractivity contribution is -0.354. The molecule has 0 amide bonds. The highest BCUT2D eigenvalue weighted by atomic mass is 16.5. The first-order valence-corrected chi connectivity index (χ1v) is 6.16. The van der Waals surface area contributed by atoms with Crippen molar-refractivity contribution < 1.29 is 4.74 Å². The van der Waals surface area contributed by atoms with Crippen LogP contribution >= 0.6 is 0 Å². The van der Waals surface area contributed by atoms with Gasteiger partial charge in [-0.2, -0.15) is 4.74 Å². The van der Waals surface area contributed by atoms with Gasteiger partial charge in [0, 0.05) is 17.7 Å². The lowest BCUT2D eigenvalue weighted by atomic mass is 10.1. The number of rotatable bonds is 3. The van der Waals surface area contributed by atoms with E-state index in [2.05, 4.69) is 6.92 Å². The smallest absolute Gasteiger partial charge is 0.216 e. The average Bonchev–Trinajstić information content (AvgIpc) is 2.41. The Kier molecular flexibility index (Phi) is 3.78. The molecule has 0 N–H and O–H groups in total. The monoisotopic (exact) mass is 239 g/mol. The highest BCUT2D eigenvalue weighted by molar-refractivity contribution is 5.76. The number of hydrogen-bond acceptors (Lipinski definition) is 1. The van der Waals surface area contributed by atoms with Gasteiger partial charge in [-0.3, -0.25) is 0 Å². The molecule has 0 fully saturated rings. The van der Waals surface area contributed by atoms with Crippen molar-refractivity contribution in [3.8, 4) is 0 Å². The first-order chi connectivity index (χ1) is 8.69. The van der Waals surface area contributed by atoms with E-state index in [0.717, 1.165) is 16.7 Å². The Morgan fingerprint density at radius 3 is 2.17 bits per heavy atom. The van der Waals surface area contributed by atoms with Crippen LogP contribution in [0.5, 0.6) is 0 Å². The second-order valence-electron chi connectivity index (χ2n) is 4.39. The summed E-state index contributed by atoms with van der Waals surface area (Å²) < 4.78 is 0.907. The Balaban J connectivity index is 2.23. The summed E-state index contributed by atoms with van der Waals surface area (Å²) in [5.74, 6) is 0. The molecule has 0 heterocycles. The molecule has 0 saturated heterocycles. The van der Waals surface area contributed by atoms with Gasteiger partial charge in [0.15, 0.2) is 6.21 Å². The molecule has 0 aliphatic carbocycles. The van der Waals surface area contributed by atoms with Crippen molar-refractivity contribution in [2.75, 3.05) is 0 Å². The Bertz CT molecular complexity index is 538. The minimum atomic E-state index is 0.660. The van der Waals surface area contributed by atoms with Crippen LogP contribution in [0.4, 0.5) is 5.69 Å². The van der Waals surface area contributed by atoms with E-state index in [9.17, 15) is 5.21 Å². The molecule has 0 spiro atoms. The number of benzene rings is 2. The van der Waals surface area contributed by atoms with E-state index in [1.807, 2.05) is 55.5 Å². The molecule has 18 heavy (non-hydrogen) atoms. The van der Waals surface area contributed by atoms with Gasteiger partial charge in [0.2, 0.25) is 5.69 Å². The summed E-state index contributed by atoms with van der Waals surface area (Å²) >= 11 is 0. The van der Waals surface area contributed by atoms with Crippen LogP contribution < -0.4 is 0 Å². The summed E-state index contributed by atoms with van der Waals surface area (Å²) in [6.07, 6.45) is 2.58. The Morgan fingerprint density at radius 2 is 1.61 bits per heavy atom. The quantitative estimate of drug-likeness (QED) is 0.346. The van der Waals surface area contributed by atoms with E-state index < -0.39 is 0 Å². The van der Waals surface area contributed by atoms with Crippen molar-refractivity contribution in [1.29, 1.82) is 0 Å². The summed E-state index contributed by atoms with van der Waals surface area (Å²) in [4.78, 5) is 0. The number of aryl methyl sites for hydroxylation is 2. The number of nitrogens with zero attached hydrogens (tertiary/aromatic N) is 1. The molecule has 0 unspecified atom stereocenters. The zero-order valence-electron chi connectivity index (χ0n) is 10.8. The molecule has 0 aromatic heterocycles. The molecule has 0 aliphatic heterocycles. The Labute approximate surface area is 108 Å². The first-order valence-electron chi connectivity index (χ1n) is 6.16. The van der Waals surface area contributed by atoms with Crippen LogP contribution in [0.2, 0.25) is 0 Å². The molecular formula is C16H17NO. The van der Waals surface area contributed by atoms with Gasteiger partial charge in [0.25, 0.3) is 0 Å². The number of hydrogen-bond donors (Lipinski definition) is 0. The van der Waals surface area contributed by atoms with E-state index in [-0.39, 0.29) is 0 Å². The first kappa shape index (κ1) is 12.4. The molecule has 0 radical (unpaired) electrons. The molecule has 2 aromatic rings. The maximum Gasteiger partial charge on any atom is 0.216 e. The fourth-order valence-electron chi connectivity index (χ4n) is 1.74. The maximum absolute atomic E-state index is 12.0. The summed E-state index contributed by atoms with van der Waals surface area (Å²) in [5.41, 5.74) is 4.00. The minimum Gasteiger partial charge on any atom is -0.618 e. The van der Waals surface area contributed by atoms with Crippen LogP contribution in [0.1, 0.15) is 23.6 Å². The lowest BCUT2D eigenvalue weighted by Crippen LogP contribution is -1.98. The second kappa shape index (κ2) is 5.50. The molecule has 2 rings (SSSR count). The van der Waals surface area contributed by atoms with Crippen molar-refractivity contribution in [2.45, 2.75) is 20.3 Å². The van der Waals surface area contributed by atoms with Crippen LogP contribution in [-0.4, -0.2) is 11.0 Å².